The summed E-state index contributed by atoms with van der Waals surface area (Å²) in [6.07, 6.45) is 2.88. The number of rotatable bonds is 3. The minimum atomic E-state index is 0.257. The molecule has 1 heterocycles. The van der Waals surface area contributed by atoms with Gasteiger partial charge in [0.1, 0.15) is 0 Å². The summed E-state index contributed by atoms with van der Waals surface area (Å²) in [5.74, 6) is 1.31. The van der Waals surface area contributed by atoms with Gasteiger partial charge in [0, 0.05) is 25.2 Å². The highest BCUT2D eigenvalue weighted by Crippen LogP contribution is 2.23. The quantitative estimate of drug-likeness (QED) is 0.849. The van der Waals surface area contributed by atoms with Crippen LogP contribution in [0.2, 0.25) is 0 Å². The van der Waals surface area contributed by atoms with Gasteiger partial charge in [0.15, 0.2) is 0 Å². The molecule has 1 unspecified atom stereocenters. The third kappa shape index (κ3) is 3.72. The highest BCUT2D eigenvalue weighted by Gasteiger charge is 2.21. The Morgan fingerprint density at radius 2 is 1.89 bits per heavy atom. The number of hydrogen-bond donors (Lipinski definition) is 1. The Bertz CT molecular complexity index is 419. The van der Waals surface area contributed by atoms with Crippen molar-refractivity contribution in [1.29, 1.82) is 0 Å². The third-order valence-corrected chi connectivity index (χ3v) is 4.12. The lowest BCUT2D eigenvalue weighted by Gasteiger charge is -2.31. The Balaban J connectivity index is 1.89. The average Bonchev–Trinajstić information content (AvgIpc) is 2.40. The van der Waals surface area contributed by atoms with Gasteiger partial charge in [-0.05, 0) is 42.4 Å². The van der Waals surface area contributed by atoms with Crippen molar-refractivity contribution < 1.29 is 4.79 Å². The molecule has 19 heavy (non-hydrogen) atoms. The molecular formula is C16H24N2O. The molecule has 1 aromatic rings. The standard InChI is InChI=1S/C16H24N2O/c1-12-7-9-18(10-8-12)16(19)11-13(2)14-3-5-15(17)6-4-14/h3-6,12-13H,7-11,17H2,1-2H3. The van der Waals surface area contributed by atoms with Gasteiger partial charge < -0.3 is 10.6 Å². The molecule has 2 N–H and O–H groups in total. The average molecular weight is 260 g/mol. The molecule has 0 radical (unpaired) electrons. The summed E-state index contributed by atoms with van der Waals surface area (Å²) in [7, 11) is 0. The molecule has 3 nitrogen and oxygen atoms in total. The number of benzene rings is 1. The number of nitrogens with zero attached hydrogens (tertiary/aromatic N) is 1. The summed E-state index contributed by atoms with van der Waals surface area (Å²) >= 11 is 0. The zero-order chi connectivity index (χ0) is 13.8. The summed E-state index contributed by atoms with van der Waals surface area (Å²) in [4.78, 5) is 14.3. The van der Waals surface area contributed by atoms with E-state index in [0.717, 1.165) is 37.5 Å². The van der Waals surface area contributed by atoms with Crippen LogP contribution in [0.25, 0.3) is 0 Å². The van der Waals surface area contributed by atoms with E-state index in [1.807, 2.05) is 29.2 Å². The number of nitrogens with two attached hydrogens (primary N) is 1. The van der Waals surface area contributed by atoms with Crippen molar-refractivity contribution in [2.75, 3.05) is 18.8 Å². The zero-order valence-electron chi connectivity index (χ0n) is 11.9. The van der Waals surface area contributed by atoms with E-state index in [2.05, 4.69) is 13.8 Å². The van der Waals surface area contributed by atoms with Gasteiger partial charge in [0.2, 0.25) is 5.91 Å². The molecule has 0 saturated carbocycles. The van der Waals surface area contributed by atoms with E-state index in [9.17, 15) is 4.79 Å². The molecule has 0 bridgehead atoms. The molecule has 1 aromatic carbocycles. The molecule has 1 aliphatic heterocycles. The van der Waals surface area contributed by atoms with E-state index in [1.54, 1.807) is 0 Å². The van der Waals surface area contributed by atoms with Crippen LogP contribution >= 0.6 is 0 Å². The molecule has 1 saturated heterocycles. The fraction of sp³-hybridized carbons (Fsp3) is 0.562. The van der Waals surface area contributed by atoms with Crippen molar-refractivity contribution in [2.45, 2.75) is 39.0 Å². The molecule has 2 rings (SSSR count). The van der Waals surface area contributed by atoms with Crippen molar-refractivity contribution in [3.8, 4) is 0 Å². The van der Waals surface area contributed by atoms with Gasteiger partial charge >= 0.3 is 0 Å². The number of amides is 1. The lowest BCUT2D eigenvalue weighted by atomic mass is 9.95. The van der Waals surface area contributed by atoms with Crippen LogP contribution < -0.4 is 5.73 Å². The van der Waals surface area contributed by atoms with Crippen molar-refractivity contribution in [3.05, 3.63) is 29.8 Å². The van der Waals surface area contributed by atoms with E-state index in [0.29, 0.717) is 6.42 Å². The van der Waals surface area contributed by atoms with Gasteiger partial charge in [-0.15, -0.1) is 0 Å². The highest BCUT2D eigenvalue weighted by atomic mass is 16.2. The summed E-state index contributed by atoms with van der Waals surface area (Å²) < 4.78 is 0. The fourth-order valence-electron chi connectivity index (χ4n) is 2.59. The molecule has 0 spiro atoms. The predicted molar refractivity (Wildman–Crippen MR) is 78.9 cm³/mol. The minimum absolute atomic E-state index is 0.257. The van der Waals surface area contributed by atoms with E-state index in [4.69, 9.17) is 5.73 Å². The minimum Gasteiger partial charge on any atom is -0.399 e. The summed E-state index contributed by atoms with van der Waals surface area (Å²) in [5.41, 5.74) is 7.64. The van der Waals surface area contributed by atoms with E-state index < -0.39 is 0 Å². The third-order valence-electron chi connectivity index (χ3n) is 4.12. The van der Waals surface area contributed by atoms with Crippen LogP contribution in [-0.2, 0) is 4.79 Å². The lowest BCUT2D eigenvalue weighted by Crippen LogP contribution is -2.38. The molecular weight excluding hydrogens is 236 g/mol. The summed E-state index contributed by atoms with van der Waals surface area (Å²) in [6, 6.07) is 7.84. The Morgan fingerprint density at radius 1 is 1.32 bits per heavy atom. The maximum Gasteiger partial charge on any atom is 0.223 e. The van der Waals surface area contributed by atoms with E-state index >= 15 is 0 Å². The van der Waals surface area contributed by atoms with Crippen molar-refractivity contribution in [2.24, 2.45) is 5.92 Å². The second-order valence-electron chi connectivity index (χ2n) is 5.84. The lowest BCUT2D eigenvalue weighted by molar-refractivity contribution is -0.132. The molecule has 1 atom stereocenters. The predicted octanol–water partition coefficient (Wildman–Crippen LogP) is 3.02. The number of anilines is 1. The first kappa shape index (κ1) is 13.9. The first-order valence-electron chi connectivity index (χ1n) is 7.19. The number of nitrogen functional groups attached to an aromatic ring is 1. The second kappa shape index (κ2) is 6.09. The molecule has 1 amide bonds. The van der Waals surface area contributed by atoms with E-state index in [1.165, 1.54) is 5.56 Å². The van der Waals surface area contributed by atoms with Crippen LogP contribution in [0.4, 0.5) is 5.69 Å². The number of carbonyl (C=O) groups excluding carboxylic acids is 1. The zero-order valence-corrected chi connectivity index (χ0v) is 11.9. The molecule has 0 aromatic heterocycles. The van der Waals surface area contributed by atoms with E-state index in [-0.39, 0.29) is 11.8 Å². The largest absolute Gasteiger partial charge is 0.399 e. The maximum atomic E-state index is 12.3. The summed E-state index contributed by atoms with van der Waals surface area (Å²) in [6.45, 7) is 6.22. The Morgan fingerprint density at radius 3 is 2.47 bits per heavy atom. The van der Waals surface area contributed by atoms with Crippen LogP contribution in [0.5, 0.6) is 0 Å². The molecule has 104 valence electrons. The maximum absolute atomic E-state index is 12.3. The fourth-order valence-corrected chi connectivity index (χ4v) is 2.59. The first-order valence-corrected chi connectivity index (χ1v) is 7.19. The molecule has 3 heteroatoms. The van der Waals surface area contributed by atoms with Gasteiger partial charge in [-0.1, -0.05) is 26.0 Å². The highest BCUT2D eigenvalue weighted by molar-refractivity contribution is 5.77. The van der Waals surface area contributed by atoms with Crippen molar-refractivity contribution >= 4 is 11.6 Å². The van der Waals surface area contributed by atoms with Gasteiger partial charge in [0.05, 0.1) is 0 Å². The Kier molecular flexibility index (Phi) is 4.46. The van der Waals surface area contributed by atoms with Crippen LogP contribution in [0.3, 0.4) is 0 Å². The Hall–Kier alpha value is -1.51. The number of hydrogen-bond acceptors (Lipinski definition) is 2. The number of carbonyl (C=O) groups is 1. The number of likely N-dealkylation sites (tertiary alicyclic amines) is 1. The van der Waals surface area contributed by atoms with Crippen LogP contribution in [0.15, 0.2) is 24.3 Å². The van der Waals surface area contributed by atoms with Gasteiger partial charge in [-0.2, -0.15) is 0 Å². The van der Waals surface area contributed by atoms with Gasteiger partial charge in [-0.25, -0.2) is 0 Å². The van der Waals surface area contributed by atoms with Crippen molar-refractivity contribution in [3.63, 3.8) is 0 Å². The molecule has 1 aliphatic rings. The first-order chi connectivity index (χ1) is 9.06. The molecule has 0 aliphatic carbocycles. The normalized spacial score (nSPS) is 18.3. The van der Waals surface area contributed by atoms with Gasteiger partial charge in [-0.3, -0.25) is 4.79 Å². The molecule has 1 fully saturated rings. The second-order valence-corrected chi connectivity index (χ2v) is 5.84. The van der Waals surface area contributed by atoms with Crippen LogP contribution in [0.1, 0.15) is 44.6 Å². The summed E-state index contributed by atoms with van der Waals surface area (Å²) in [5, 5.41) is 0. The van der Waals surface area contributed by atoms with Crippen LogP contribution in [0, 0.1) is 5.92 Å². The number of piperidine rings is 1. The van der Waals surface area contributed by atoms with Crippen molar-refractivity contribution in [1.82, 2.24) is 4.90 Å². The van der Waals surface area contributed by atoms with Gasteiger partial charge in [0.25, 0.3) is 0 Å². The smallest absolute Gasteiger partial charge is 0.223 e. The van der Waals surface area contributed by atoms with Crippen LogP contribution in [-0.4, -0.2) is 23.9 Å². The SMILES string of the molecule is CC1CCN(C(=O)CC(C)c2ccc(N)cc2)CC1. The Labute approximate surface area is 115 Å². The topological polar surface area (TPSA) is 46.3 Å². The monoisotopic (exact) mass is 260 g/mol.